The summed E-state index contributed by atoms with van der Waals surface area (Å²) in [5.74, 6) is -0.557. The second-order valence-electron chi connectivity index (χ2n) is 5.63. The highest BCUT2D eigenvalue weighted by molar-refractivity contribution is 5.83. The molecule has 0 aromatic heterocycles. The van der Waals surface area contributed by atoms with E-state index in [1.54, 1.807) is 19.1 Å². The van der Waals surface area contributed by atoms with Crippen molar-refractivity contribution in [1.29, 1.82) is 0 Å². The number of nitrogens with one attached hydrogen (secondary N) is 1. The second kappa shape index (κ2) is 6.71. The normalized spacial score (nSPS) is 13.5. The molecule has 0 saturated carbocycles. The van der Waals surface area contributed by atoms with Gasteiger partial charge in [0.2, 0.25) is 5.91 Å². The highest BCUT2D eigenvalue weighted by Crippen LogP contribution is 2.18. The van der Waals surface area contributed by atoms with Gasteiger partial charge in [0.1, 0.15) is 11.9 Å². The van der Waals surface area contributed by atoms with Crippen molar-refractivity contribution in [2.75, 3.05) is 0 Å². The summed E-state index contributed by atoms with van der Waals surface area (Å²) in [6.45, 7) is 5.49. The lowest BCUT2D eigenvalue weighted by Crippen LogP contribution is -2.35. The Bertz CT molecular complexity index is 667. The Balaban J connectivity index is 2.07. The molecule has 3 nitrogen and oxygen atoms in total. The number of hydrogen-bond donors (Lipinski definition) is 2. The summed E-state index contributed by atoms with van der Waals surface area (Å²) in [5.41, 5.74) is 9.15. The van der Waals surface area contributed by atoms with Gasteiger partial charge < -0.3 is 11.1 Å². The Hall–Kier alpha value is -2.20. The number of rotatable bonds is 4. The summed E-state index contributed by atoms with van der Waals surface area (Å²) >= 11 is 0. The summed E-state index contributed by atoms with van der Waals surface area (Å²) in [6.07, 6.45) is 0. The SMILES string of the molecule is Cc1ccc(C(N)C(=O)NC(C)c2ccc(C)c(F)c2)cc1. The summed E-state index contributed by atoms with van der Waals surface area (Å²) in [5, 5.41) is 2.83. The predicted molar refractivity (Wildman–Crippen MR) is 85.8 cm³/mol. The minimum absolute atomic E-state index is 0.276. The van der Waals surface area contributed by atoms with Crippen molar-refractivity contribution in [3.05, 3.63) is 70.5 Å². The van der Waals surface area contributed by atoms with Gasteiger partial charge in [-0.2, -0.15) is 0 Å². The van der Waals surface area contributed by atoms with Crippen molar-refractivity contribution >= 4 is 5.91 Å². The van der Waals surface area contributed by atoms with Crippen LogP contribution in [0.5, 0.6) is 0 Å². The maximum absolute atomic E-state index is 13.6. The van der Waals surface area contributed by atoms with Gasteiger partial charge in [0.25, 0.3) is 0 Å². The first-order valence-corrected chi connectivity index (χ1v) is 7.27. The molecule has 2 aromatic rings. The number of halogens is 1. The fraction of sp³-hybridized carbons (Fsp3) is 0.278. The lowest BCUT2D eigenvalue weighted by Gasteiger charge is -2.18. The van der Waals surface area contributed by atoms with Crippen LogP contribution in [0.25, 0.3) is 0 Å². The van der Waals surface area contributed by atoms with Crippen LogP contribution in [0.15, 0.2) is 42.5 Å². The number of nitrogens with two attached hydrogens (primary N) is 1. The molecule has 116 valence electrons. The van der Waals surface area contributed by atoms with Crippen molar-refractivity contribution in [1.82, 2.24) is 5.32 Å². The number of benzene rings is 2. The van der Waals surface area contributed by atoms with E-state index in [9.17, 15) is 9.18 Å². The summed E-state index contributed by atoms with van der Waals surface area (Å²) in [7, 11) is 0. The molecule has 1 amide bonds. The molecule has 0 aliphatic carbocycles. The third-order valence-electron chi connectivity index (χ3n) is 3.77. The fourth-order valence-corrected chi connectivity index (χ4v) is 2.19. The molecule has 2 atom stereocenters. The Morgan fingerprint density at radius 2 is 1.68 bits per heavy atom. The molecule has 0 saturated heterocycles. The van der Waals surface area contributed by atoms with E-state index in [1.807, 2.05) is 38.1 Å². The molecule has 2 aromatic carbocycles. The van der Waals surface area contributed by atoms with E-state index in [0.29, 0.717) is 11.1 Å². The van der Waals surface area contributed by atoms with Gasteiger partial charge in [0.15, 0.2) is 0 Å². The van der Waals surface area contributed by atoms with Gasteiger partial charge in [-0.05, 0) is 43.5 Å². The van der Waals surface area contributed by atoms with E-state index < -0.39 is 6.04 Å². The summed E-state index contributed by atoms with van der Waals surface area (Å²) < 4.78 is 13.6. The maximum Gasteiger partial charge on any atom is 0.241 e. The van der Waals surface area contributed by atoms with Crippen LogP contribution in [0.2, 0.25) is 0 Å². The molecule has 0 heterocycles. The third-order valence-corrected chi connectivity index (χ3v) is 3.77. The van der Waals surface area contributed by atoms with Gasteiger partial charge >= 0.3 is 0 Å². The molecular formula is C18H21FN2O. The van der Waals surface area contributed by atoms with Crippen LogP contribution >= 0.6 is 0 Å². The molecule has 0 spiro atoms. The average molecular weight is 300 g/mol. The maximum atomic E-state index is 13.6. The Kier molecular flexibility index (Phi) is 4.93. The van der Waals surface area contributed by atoms with Crippen LogP contribution in [-0.2, 0) is 4.79 Å². The lowest BCUT2D eigenvalue weighted by atomic mass is 10.0. The molecular weight excluding hydrogens is 279 g/mol. The van der Waals surface area contributed by atoms with E-state index >= 15 is 0 Å². The molecule has 3 N–H and O–H groups in total. The largest absolute Gasteiger partial charge is 0.348 e. The summed E-state index contributed by atoms with van der Waals surface area (Å²) in [6, 6.07) is 11.4. The molecule has 0 aliphatic heterocycles. The van der Waals surface area contributed by atoms with E-state index in [0.717, 1.165) is 11.1 Å². The minimum atomic E-state index is -0.738. The first kappa shape index (κ1) is 16.2. The number of carbonyl (C=O) groups is 1. The fourth-order valence-electron chi connectivity index (χ4n) is 2.19. The van der Waals surface area contributed by atoms with Crippen molar-refractivity contribution < 1.29 is 9.18 Å². The van der Waals surface area contributed by atoms with Crippen LogP contribution in [0, 0.1) is 19.7 Å². The van der Waals surface area contributed by atoms with E-state index in [4.69, 9.17) is 5.73 Å². The van der Waals surface area contributed by atoms with Crippen LogP contribution in [-0.4, -0.2) is 5.91 Å². The van der Waals surface area contributed by atoms with Gasteiger partial charge in [-0.25, -0.2) is 4.39 Å². The molecule has 4 heteroatoms. The zero-order valence-electron chi connectivity index (χ0n) is 13.1. The first-order valence-electron chi connectivity index (χ1n) is 7.27. The second-order valence-corrected chi connectivity index (χ2v) is 5.63. The van der Waals surface area contributed by atoms with Crippen molar-refractivity contribution in [3.63, 3.8) is 0 Å². The van der Waals surface area contributed by atoms with Gasteiger partial charge in [0, 0.05) is 0 Å². The topological polar surface area (TPSA) is 55.1 Å². The number of carbonyl (C=O) groups excluding carboxylic acids is 1. The molecule has 0 radical (unpaired) electrons. The third kappa shape index (κ3) is 3.71. The Morgan fingerprint density at radius 3 is 2.27 bits per heavy atom. The van der Waals surface area contributed by atoms with Crippen LogP contribution in [0.1, 0.15) is 41.3 Å². The van der Waals surface area contributed by atoms with Gasteiger partial charge in [0.05, 0.1) is 6.04 Å². The van der Waals surface area contributed by atoms with E-state index in [-0.39, 0.29) is 17.8 Å². The molecule has 0 bridgehead atoms. The number of aryl methyl sites for hydroxylation is 2. The van der Waals surface area contributed by atoms with Crippen LogP contribution in [0.3, 0.4) is 0 Å². The minimum Gasteiger partial charge on any atom is -0.348 e. The highest BCUT2D eigenvalue weighted by atomic mass is 19.1. The zero-order chi connectivity index (χ0) is 16.3. The van der Waals surface area contributed by atoms with Crippen LogP contribution in [0.4, 0.5) is 4.39 Å². The lowest BCUT2D eigenvalue weighted by molar-refractivity contribution is -0.123. The van der Waals surface area contributed by atoms with Gasteiger partial charge in [-0.1, -0.05) is 42.0 Å². The zero-order valence-corrected chi connectivity index (χ0v) is 13.1. The van der Waals surface area contributed by atoms with Gasteiger partial charge in [-0.15, -0.1) is 0 Å². The molecule has 22 heavy (non-hydrogen) atoms. The molecule has 0 fully saturated rings. The average Bonchev–Trinajstić information content (AvgIpc) is 2.50. The molecule has 2 rings (SSSR count). The van der Waals surface area contributed by atoms with Crippen molar-refractivity contribution in [2.45, 2.75) is 32.9 Å². The summed E-state index contributed by atoms with van der Waals surface area (Å²) in [4.78, 5) is 12.2. The smallest absolute Gasteiger partial charge is 0.241 e. The highest BCUT2D eigenvalue weighted by Gasteiger charge is 2.18. The van der Waals surface area contributed by atoms with E-state index in [1.165, 1.54) is 6.07 Å². The monoisotopic (exact) mass is 300 g/mol. The first-order chi connectivity index (χ1) is 10.4. The van der Waals surface area contributed by atoms with E-state index in [2.05, 4.69) is 5.32 Å². The Labute approximate surface area is 130 Å². The molecule has 2 unspecified atom stereocenters. The van der Waals surface area contributed by atoms with Gasteiger partial charge in [-0.3, -0.25) is 4.79 Å². The quantitative estimate of drug-likeness (QED) is 0.910. The van der Waals surface area contributed by atoms with Crippen LogP contribution < -0.4 is 11.1 Å². The van der Waals surface area contributed by atoms with Crippen molar-refractivity contribution in [2.24, 2.45) is 5.73 Å². The molecule has 0 aliphatic rings. The number of hydrogen-bond acceptors (Lipinski definition) is 2. The standard InChI is InChI=1S/C18H21FN2O/c1-11-4-7-14(8-5-11)17(20)18(22)21-13(3)15-9-6-12(2)16(19)10-15/h4-10,13,17H,20H2,1-3H3,(H,21,22). The predicted octanol–water partition coefficient (Wildman–Crippen LogP) is 3.32. The Morgan fingerprint density at radius 1 is 1.09 bits per heavy atom. The van der Waals surface area contributed by atoms with Crippen molar-refractivity contribution in [3.8, 4) is 0 Å². The number of amides is 1.